The molecule has 6 heteroatoms. The first-order valence-electron chi connectivity index (χ1n) is 7.27. The van der Waals surface area contributed by atoms with Crippen molar-refractivity contribution in [1.82, 2.24) is 5.32 Å². The average molecular weight is 328 g/mol. The van der Waals surface area contributed by atoms with Gasteiger partial charge in [-0.3, -0.25) is 4.79 Å². The van der Waals surface area contributed by atoms with Gasteiger partial charge in [0.2, 0.25) is 5.91 Å². The SMILES string of the molecule is CCC(C)OCC(=O)NC(CC)(C(=O)O)c1ccc(Cl)cc1. The Labute approximate surface area is 135 Å². The van der Waals surface area contributed by atoms with Gasteiger partial charge in [-0.1, -0.05) is 37.6 Å². The lowest BCUT2D eigenvalue weighted by Gasteiger charge is -2.30. The number of halogens is 1. The highest BCUT2D eigenvalue weighted by Crippen LogP contribution is 2.27. The van der Waals surface area contributed by atoms with Crippen LogP contribution in [0.4, 0.5) is 0 Å². The van der Waals surface area contributed by atoms with Crippen LogP contribution in [0.3, 0.4) is 0 Å². The topological polar surface area (TPSA) is 75.6 Å². The van der Waals surface area contributed by atoms with Crippen molar-refractivity contribution >= 4 is 23.5 Å². The van der Waals surface area contributed by atoms with Gasteiger partial charge in [-0.05, 0) is 37.5 Å². The fraction of sp³-hybridized carbons (Fsp3) is 0.500. The first kappa shape index (κ1) is 18.5. The quantitative estimate of drug-likeness (QED) is 0.769. The molecule has 2 atom stereocenters. The highest BCUT2D eigenvalue weighted by molar-refractivity contribution is 6.30. The molecule has 1 aromatic rings. The Kier molecular flexibility index (Phi) is 6.84. The fourth-order valence-corrected chi connectivity index (χ4v) is 2.16. The van der Waals surface area contributed by atoms with Crippen LogP contribution >= 0.6 is 11.6 Å². The van der Waals surface area contributed by atoms with E-state index in [4.69, 9.17) is 16.3 Å². The van der Waals surface area contributed by atoms with Gasteiger partial charge >= 0.3 is 5.97 Å². The third-order valence-electron chi connectivity index (χ3n) is 3.66. The lowest BCUT2D eigenvalue weighted by atomic mass is 9.87. The third kappa shape index (κ3) is 4.45. The van der Waals surface area contributed by atoms with E-state index in [1.54, 1.807) is 31.2 Å². The second-order valence-corrected chi connectivity index (χ2v) is 5.59. The van der Waals surface area contributed by atoms with Gasteiger partial charge < -0.3 is 15.2 Å². The number of nitrogens with one attached hydrogen (secondary N) is 1. The van der Waals surface area contributed by atoms with Crippen molar-refractivity contribution in [2.45, 2.75) is 45.3 Å². The number of carboxylic acids is 1. The first-order valence-corrected chi connectivity index (χ1v) is 7.65. The Balaban J connectivity index is 2.95. The molecular formula is C16H22ClNO4. The zero-order valence-corrected chi connectivity index (χ0v) is 13.8. The molecule has 1 amide bonds. The number of carboxylic acid groups (broad SMARTS) is 1. The number of rotatable bonds is 8. The summed E-state index contributed by atoms with van der Waals surface area (Å²) in [6.45, 7) is 5.34. The van der Waals surface area contributed by atoms with E-state index >= 15 is 0 Å². The Bertz CT molecular complexity index is 517. The zero-order valence-electron chi connectivity index (χ0n) is 13.1. The summed E-state index contributed by atoms with van der Waals surface area (Å²) in [6, 6.07) is 6.42. The van der Waals surface area contributed by atoms with Crippen molar-refractivity contribution in [1.29, 1.82) is 0 Å². The normalized spacial score (nSPS) is 14.9. The van der Waals surface area contributed by atoms with Crippen molar-refractivity contribution in [2.24, 2.45) is 0 Å². The van der Waals surface area contributed by atoms with Crippen molar-refractivity contribution < 1.29 is 19.4 Å². The summed E-state index contributed by atoms with van der Waals surface area (Å²) in [5.41, 5.74) is -1.01. The van der Waals surface area contributed by atoms with Gasteiger partial charge in [-0.15, -0.1) is 0 Å². The standard InChI is InChI=1S/C16H22ClNO4/c1-4-11(3)22-10-14(19)18-16(5-2,15(20)21)12-6-8-13(17)9-7-12/h6-9,11H,4-5,10H2,1-3H3,(H,18,19)(H,20,21). The predicted molar refractivity (Wildman–Crippen MR) is 84.9 cm³/mol. The van der Waals surface area contributed by atoms with Crippen LogP contribution in [0.1, 0.15) is 39.2 Å². The van der Waals surface area contributed by atoms with Crippen LogP contribution in [-0.2, 0) is 19.9 Å². The second kappa shape index (κ2) is 8.15. The van der Waals surface area contributed by atoms with Crippen molar-refractivity contribution in [3.05, 3.63) is 34.9 Å². The molecule has 0 aliphatic carbocycles. The van der Waals surface area contributed by atoms with Crippen molar-refractivity contribution in [3.63, 3.8) is 0 Å². The van der Waals surface area contributed by atoms with Gasteiger partial charge in [-0.25, -0.2) is 4.79 Å². The molecular weight excluding hydrogens is 306 g/mol. The van der Waals surface area contributed by atoms with E-state index < -0.39 is 17.4 Å². The smallest absolute Gasteiger partial charge is 0.334 e. The zero-order chi connectivity index (χ0) is 16.8. The van der Waals surface area contributed by atoms with Gasteiger partial charge in [0.05, 0.1) is 6.10 Å². The molecule has 0 heterocycles. The molecule has 1 rings (SSSR count). The summed E-state index contributed by atoms with van der Waals surface area (Å²) in [4.78, 5) is 23.8. The molecule has 1 aromatic carbocycles. The maximum absolute atomic E-state index is 12.1. The van der Waals surface area contributed by atoms with E-state index in [1.807, 2.05) is 13.8 Å². The highest BCUT2D eigenvalue weighted by Gasteiger charge is 2.40. The number of ether oxygens (including phenoxy) is 1. The van der Waals surface area contributed by atoms with Crippen LogP contribution in [0.5, 0.6) is 0 Å². The molecule has 0 saturated carbocycles. The van der Waals surface area contributed by atoms with Crippen LogP contribution in [0.15, 0.2) is 24.3 Å². The molecule has 0 radical (unpaired) electrons. The van der Waals surface area contributed by atoms with Crippen LogP contribution in [0.25, 0.3) is 0 Å². The predicted octanol–water partition coefficient (Wildman–Crippen LogP) is 2.96. The summed E-state index contributed by atoms with van der Waals surface area (Å²) in [5.74, 6) is -1.58. The number of carbonyl (C=O) groups excluding carboxylic acids is 1. The van der Waals surface area contributed by atoms with Crippen LogP contribution < -0.4 is 5.32 Å². The molecule has 0 aliphatic rings. The van der Waals surface area contributed by atoms with E-state index in [2.05, 4.69) is 5.32 Å². The molecule has 5 nitrogen and oxygen atoms in total. The van der Waals surface area contributed by atoms with Crippen LogP contribution in [-0.4, -0.2) is 29.7 Å². The minimum absolute atomic E-state index is 0.0536. The largest absolute Gasteiger partial charge is 0.479 e. The summed E-state index contributed by atoms with van der Waals surface area (Å²) < 4.78 is 5.35. The number of hydrogen-bond donors (Lipinski definition) is 2. The first-order chi connectivity index (χ1) is 10.4. The summed E-state index contributed by atoms with van der Waals surface area (Å²) in [7, 11) is 0. The fourth-order valence-electron chi connectivity index (χ4n) is 2.04. The maximum Gasteiger partial charge on any atom is 0.334 e. The second-order valence-electron chi connectivity index (χ2n) is 5.15. The number of carbonyl (C=O) groups is 2. The van der Waals surface area contributed by atoms with Gasteiger partial charge in [0, 0.05) is 5.02 Å². The molecule has 0 saturated heterocycles. The van der Waals surface area contributed by atoms with E-state index in [1.165, 1.54) is 0 Å². The molecule has 0 spiro atoms. The molecule has 22 heavy (non-hydrogen) atoms. The molecule has 0 aromatic heterocycles. The summed E-state index contributed by atoms with van der Waals surface area (Å²) in [5, 5.41) is 12.7. The molecule has 0 bridgehead atoms. The Morgan fingerprint density at radius 3 is 2.36 bits per heavy atom. The van der Waals surface area contributed by atoms with E-state index in [9.17, 15) is 14.7 Å². The van der Waals surface area contributed by atoms with Gasteiger partial charge in [-0.2, -0.15) is 0 Å². The van der Waals surface area contributed by atoms with E-state index in [-0.39, 0.29) is 19.1 Å². The van der Waals surface area contributed by atoms with Gasteiger partial charge in [0.15, 0.2) is 5.54 Å². The Morgan fingerprint density at radius 1 is 1.32 bits per heavy atom. The van der Waals surface area contributed by atoms with E-state index in [0.717, 1.165) is 6.42 Å². The average Bonchev–Trinajstić information content (AvgIpc) is 2.50. The summed E-state index contributed by atoms with van der Waals surface area (Å²) >= 11 is 5.84. The van der Waals surface area contributed by atoms with Crippen molar-refractivity contribution in [3.8, 4) is 0 Å². The molecule has 0 aliphatic heterocycles. The molecule has 2 unspecified atom stereocenters. The summed E-state index contributed by atoms with van der Waals surface area (Å²) in [6.07, 6.45) is 0.934. The Morgan fingerprint density at radius 2 is 1.91 bits per heavy atom. The third-order valence-corrected chi connectivity index (χ3v) is 3.91. The lowest BCUT2D eigenvalue weighted by Crippen LogP contribution is -2.52. The molecule has 2 N–H and O–H groups in total. The van der Waals surface area contributed by atoms with Crippen LogP contribution in [0.2, 0.25) is 5.02 Å². The number of aliphatic carboxylic acids is 1. The molecule has 0 fully saturated rings. The Hall–Kier alpha value is -1.59. The van der Waals surface area contributed by atoms with Gasteiger partial charge in [0.1, 0.15) is 6.61 Å². The minimum atomic E-state index is -1.49. The highest BCUT2D eigenvalue weighted by atomic mass is 35.5. The van der Waals surface area contributed by atoms with Crippen LogP contribution in [0, 0.1) is 0 Å². The van der Waals surface area contributed by atoms with Gasteiger partial charge in [0.25, 0.3) is 0 Å². The minimum Gasteiger partial charge on any atom is -0.479 e. The monoisotopic (exact) mass is 327 g/mol. The van der Waals surface area contributed by atoms with E-state index in [0.29, 0.717) is 10.6 Å². The van der Waals surface area contributed by atoms with Crippen molar-refractivity contribution in [2.75, 3.05) is 6.61 Å². The lowest BCUT2D eigenvalue weighted by molar-refractivity contribution is -0.149. The number of benzene rings is 1. The number of hydrogen-bond acceptors (Lipinski definition) is 3. The number of amides is 1. The molecule has 122 valence electrons. The maximum atomic E-state index is 12.1.